The van der Waals surface area contributed by atoms with Gasteiger partial charge in [-0.2, -0.15) is 0 Å². The molecule has 0 heterocycles. The Hall–Kier alpha value is -1.51. The van der Waals surface area contributed by atoms with Gasteiger partial charge in [0.15, 0.2) is 0 Å². The highest BCUT2D eigenvalue weighted by Crippen LogP contribution is 2.21. The largest absolute Gasteiger partial charge is 0.393 e. The zero-order chi connectivity index (χ0) is 14.9. The Morgan fingerprint density at radius 2 is 1.57 bits per heavy atom. The van der Waals surface area contributed by atoms with Crippen LogP contribution in [0.25, 0.3) is 12.2 Å². The summed E-state index contributed by atoms with van der Waals surface area (Å²) in [5.41, 5.74) is 2.42. The van der Waals surface area contributed by atoms with Crippen molar-refractivity contribution >= 4 is 23.9 Å². The van der Waals surface area contributed by atoms with Crippen LogP contribution in [0.2, 0.25) is 0 Å². The Labute approximate surface area is 131 Å². The summed E-state index contributed by atoms with van der Waals surface area (Å²) in [5.74, 6) is 0.966. The average Bonchev–Trinajstić information content (AvgIpc) is 2.55. The van der Waals surface area contributed by atoms with Gasteiger partial charge in [0.25, 0.3) is 0 Å². The lowest BCUT2D eigenvalue weighted by Crippen LogP contribution is -2.04. The molecule has 0 aliphatic rings. The molecule has 2 aromatic rings. The minimum absolute atomic E-state index is 0.162. The van der Waals surface area contributed by atoms with Gasteiger partial charge in [-0.15, -0.1) is 11.8 Å². The van der Waals surface area contributed by atoms with Crippen molar-refractivity contribution in [2.24, 2.45) is 0 Å². The summed E-state index contributed by atoms with van der Waals surface area (Å²) >= 11 is 1.80. The zero-order valence-electron chi connectivity index (χ0n) is 12.4. The van der Waals surface area contributed by atoms with Crippen LogP contribution >= 0.6 is 11.8 Å². The second-order valence-electron chi connectivity index (χ2n) is 5.01. The molecular weight excluding hydrogens is 276 g/mol. The standard InChI is InChI=1S/C19H22OS/c1-2-18(20)14-15-21-19-12-10-17(11-13-19)9-8-16-6-4-3-5-7-16/h3-13,18,20H,2,14-15H2,1H3/b9-8+. The summed E-state index contributed by atoms with van der Waals surface area (Å²) in [6.07, 6.45) is 5.79. The average molecular weight is 298 g/mol. The van der Waals surface area contributed by atoms with E-state index >= 15 is 0 Å². The highest BCUT2D eigenvalue weighted by atomic mass is 32.2. The van der Waals surface area contributed by atoms with Crippen LogP contribution in [0.4, 0.5) is 0 Å². The maximum absolute atomic E-state index is 9.54. The van der Waals surface area contributed by atoms with Crippen LogP contribution in [0.5, 0.6) is 0 Å². The maximum Gasteiger partial charge on any atom is 0.0545 e. The lowest BCUT2D eigenvalue weighted by molar-refractivity contribution is 0.167. The fourth-order valence-electron chi connectivity index (χ4n) is 1.95. The molecule has 110 valence electrons. The quantitative estimate of drug-likeness (QED) is 0.566. The molecule has 0 amide bonds. The zero-order valence-corrected chi connectivity index (χ0v) is 13.2. The molecule has 2 aromatic carbocycles. The van der Waals surface area contributed by atoms with Gasteiger partial charge < -0.3 is 5.11 Å². The lowest BCUT2D eigenvalue weighted by Gasteiger charge is -2.06. The molecule has 2 rings (SSSR count). The number of hydrogen-bond donors (Lipinski definition) is 1. The van der Waals surface area contributed by atoms with Gasteiger partial charge in [0.05, 0.1) is 6.10 Å². The van der Waals surface area contributed by atoms with Crippen molar-refractivity contribution in [1.82, 2.24) is 0 Å². The number of thioether (sulfide) groups is 1. The predicted molar refractivity (Wildman–Crippen MR) is 93.5 cm³/mol. The summed E-state index contributed by atoms with van der Waals surface area (Å²) in [7, 11) is 0. The molecule has 0 radical (unpaired) electrons. The second-order valence-corrected chi connectivity index (χ2v) is 6.18. The van der Waals surface area contributed by atoms with Crippen LogP contribution in [0.1, 0.15) is 30.9 Å². The van der Waals surface area contributed by atoms with Crippen molar-refractivity contribution in [2.45, 2.75) is 30.8 Å². The second kappa shape index (κ2) is 8.71. The van der Waals surface area contributed by atoms with Crippen LogP contribution in [0, 0.1) is 0 Å². The van der Waals surface area contributed by atoms with Crippen molar-refractivity contribution in [2.75, 3.05) is 5.75 Å². The van der Waals surface area contributed by atoms with Gasteiger partial charge in [-0.1, -0.05) is 61.5 Å². The van der Waals surface area contributed by atoms with Crippen LogP contribution in [0.15, 0.2) is 59.5 Å². The molecule has 0 aliphatic heterocycles. The molecule has 0 aliphatic carbocycles. The molecule has 1 atom stereocenters. The first-order valence-electron chi connectivity index (χ1n) is 7.42. The van der Waals surface area contributed by atoms with Gasteiger partial charge >= 0.3 is 0 Å². The molecule has 1 N–H and O–H groups in total. The maximum atomic E-state index is 9.54. The van der Waals surface area contributed by atoms with Crippen LogP contribution in [-0.4, -0.2) is 17.0 Å². The monoisotopic (exact) mass is 298 g/mol. The molecule has 1 unspecified atom stereocenters. The van der Waals surface area contributed by atoms with Crippen molar-refractivity contribution in [3.8, 4) is 0 Å². The van der Waals surface area contributed by atoms with Crippen LogP contribution in [-0.2, 0) is 0 Å². The van der Waals surface area contributed by atoms with E-state index in [1.807, 2.05) is 25.1 Å². The first-order chi connectivity index (χ1) is 10.3. The van der Waals surface area contributed by atoms with E-state index < -0.39 is 0 Å². The summed E-state index contributed by atoms with van der Waals surface area (Å²) in [4.78, 5) is 1.26. The van der Waals surface area contributed by atoms with Crippen molar-refractivity contribution in [3.05, 3.63) is 65.7 Å². The Morgan fingerprint density at radius 3 is 2.19 bits per heavy atom. The molecule has 0 bridgehead atoms. The molecule has 0 aromatic heterocycles. The minimum atomic E-state index is -0.162. The van der Waals surface area contributed by atoms with E-state index in [-0.39, 0.29) is 6.10 Å². The van der Waals surface area contributed by atoms with Gasteiger partial charge in [0, 0.05) is 10.6 Å². The first kappa shape index (κ1) is 15.9. The lowest BCUT2D eigenvalue weighted by atomic mass is 10.1. The molecule has 0 fully saturated rings. The number of hydrogen-bond acceptors (Lipinski definition) is 2. The Kier molecular flexibility index (Phi) is 6.58. The normalized spacial score (nSPS) is 12.7. The smallest absolute Gasteiger partial charge is 0.0545 e. The van der Waals surface area contributed by atoms with Gasteiger partial charge in [0.1, 0.15) is 0 Å². The fraction of sp³-hybridized carbons (Fsp3) is 0.263. The minimum Gasteiger partial charge on any atom is -0.393 e. The summed E-state index contributed by atoms with van der Waals surface area (Å²) in [6, 6.07) is 18.9. The number of rotatable bonds is 7. The van der Waals surface area contributed by atoms with Crippen molar-refractivity contribution < 1.29 is 5.11 Å². The third kappa shape index (κ3) is 5.78. The van der Waals surface area contributed by atoms with Gasteiger partial charge in [-0.25, -0.2) is 0 Å². The molecular formula is C19H22OS. The number of aliphatic hydroxyl groups excluding tert-OH is 1. The molecule has 0 saturated carbocycles. The Bertz CT molecular complexity index is 546. The third-order valence-corrected chi connectivity index (χ3v) is 4.38. The van der Waals surface area contributed by atoms with Crippen molar-refractivity contribution in [3.63, 3.8) is 0 Å². The van der Waals surface area contributed by atoms with Gasteiger partial charge in [-0.3, -0.25) is 0 Å². The molecule has 1 nitrogen and oxygen atoms in total. The summed E-state index contributed by atoms with van der Waals surface area (Å²) < 4.78 is 0. The first-order valence-corrected chi connectivity index (χ1v) is 8.40. The SMILES string of the molecule is CCC(O)CCSc1ccc(/C=C/c2ccccc2)cc1. The van der Waals surface area contributed by atoms with Crippen molar-refractivity contribution in [1.29, 1.82) is 0 Å². The number of aliphatic hydroxyl groups is 1. The topological polar surface area (TPSA) is 20.2 Å². The van der Waals surface area contributed by atoms with Gasteiger partial charge in [-0.05, 0) is 36.1 Å². The van der Waals surface area contributed by atoms with Crippen LogP contribution in [0.3, 0.4) is 0 Å². The Morgan fingerprint density at radius 1 is 0.952 bits per heavy atom. The van der Waals surface area contributed by atoms with E-state index in [1.165, 1.54) is 16.0 Å². The van der Waals surface area contributed by atoms with E-state index in [1.54, 1.807) is 11.8 Å². The van der Waals surface area contributed by atoms with E-state index in [9.17, 15) is 5.11 Å². The number of benzene rings is 2. The van der Waals surface area contributed by atoms with Gasteiger partial charge in [0.2, 0.25) is 0 Å². The Balaban J connectivity index is 1.86. The molecule has 21 heavy (non-hydrogen) atoms. The van der Waals surface area contributed by atoms with E-state index in [0.29, 0.717) is 0 Å². The highest BCUT2D eigenvalue weighted by Gasteiger charge is 2.01. The molecule has 0 saturated heterocycles. The van der Waals surface area contributed by atoms with E-state index in [4.69, 9.17) is 0 Å². The molecule has 2 heteroatoms. The van der Waals surface area contributed by atoms with Crippen LogP contribution < -0.4 is 0 Å². The fourth-order valence-corrected chi connectivity index (χ4v) is 2.90. The van der Waals surface area contributed by atoms with E-state index in [2.05, 4.69) is 48.6 Å². The van der Waals surface area contributed by atoms with E-state index in [0.717, 1.165) is 18.6 Å². The summed E-state index contributed by atoms with van der Waals surface area (Å²) in [5, 5.41) is 9.54. The summed E-state index contributed by atoms with van der Waals surface area (Å²) in [6.45, 7) is 2.02. The highest BCUT2D eigenvalue weighted by molar-refractivity contribution is 7.99. The predicted octanol–water partition coefficient (Wildman–Crippen LogP) is 5.11. The molecule has 0 spiro atoms. The third-order valence-electron chi connectivity index (χ3n) is 3.34.